The first kappa shape index (κ1) is 19.9. The van der Waals surface area contributed by atoms with E-state index in [1.165, 1.54) is 22.7 Å². The van der Waals surface area contributed by atoms with Crippen LogP contribution in [-0.2, 0) is 13.0 Å². The quantitative estimate of drug-likeness (QED) is 0.607. The summed E-state index contributed by atoms with van der Waals surface area (Å²) >= 11 is 0. The van der Waals surface area contributed by atoms with Crippen molar-refractivity contribution < 1.29 is 9.59 Å². The minimum absolute atomic E-state index is 0.145. The molecule has 0 atom stereocenters. The van der Waals surface area contributed by atoms with E-state index in [1.54, 1.807) is 23.5 Å². The molecule has 1 aliphatic heterocycles. The van der Waals surface area contributed by atoms with Gasteiger partial charge in [-0.15, -0.1) is 0 Å². The van der Waals surface area contributed by atoms with Crippen LogP contribution in [0, 0.1) is 0 Å². The number of hydrogen-bond donors (Lipinski definition) is 0. The van der Waals surface area contributed by atoms with E-state index < -0.39 is 0 Å². The van der Waals surface area contributed by atoms with Gasteiger partial charge in [0, 0.05) is 64.7 Å². The largest absolute Gasteiger partial charge is 0.344 e. The van der Waals surface area contributed by atoms with Crippen LogP contribution < -0.4 is 0 Å². The van der Waals surface area contributed by atoms with Crippen LogP contribution >= 0.6 is 0 Å². The molecule has 4 rings (SSSR count). The maximum atomic E-state index is 12.6. The maximum absolute atomic E-state index is 12.6. The molecule has 1 saturated heterocycles. The summed E-state index contributed by atoms with van der Waals surface area (Å²) in [5, 5.41) is 4.07. The standard InChI is InChI=1S/C22H24N6O2/c1-17(29)21-5-6-28(25-21)22(30)27-9-7-26(8-10-27)15-19-4-2-3-18(11-19)12-20-13-23-16-24-14-20/h2-6,11,13-14,16H,7-10,12,15H2,1H3. The molecule has 1 aromatic carbocycles. The molecule has 0 N–H and O–H groups in total. The zero-order valence-corrected chi connectivity index (χ0v) is 16.9. The molecule has 0 spiro atoms. The van der Waals surface area contributed by atoms with E-state index in [2.05, 4.69) is 44.2 Å². The summed E-state index contributed by atoms with van der Waals surface area (Å²) < 4.78 is 1.25. The highest BCUT2D eigenvalue weighted by Crippen LogP contribution is 2.14. The van der Waals surface area contributed by atoms with Gasteiger partial charge in [0.2, 0.25) is 0 Å². The maximum Gasteiger partial charge on any atom is 0.344 e. The van der Waals surface area contributed by atoms with Gasteiger partial charge in [0.15, 0.2) is 5.78 Å². The average molecular weight is 404 g/mol. The van der Waals surface area contributed by atoms with Crippen LogP contribution in [0.2, 0.25) is 0 Å². The number of amides is 1. The fraction of sp³-hybridized carbons (Fsp3) is 0.318. The molecule has 0 bridgehead atoms. The first-order valence-corrected chi connectivity index (χ1v) is 9.98. The highest BCUT2D eigenvalue weighted by Gasteiger charge is 2.23. The number of piperazine rings is 1. The van der Waals surface area contributed by atoms with E-state index in [0.717, 1.165) is 31.6 Å². The lowest BCUT2D eigenvalue weighted by Gasteiger charge is -2.34. The highest BCUT2D eigenvalue weighted by molar-refractivity contribution is 5.92. The monoisotopic (exact) mass is 404 g/mol. The molecule has 3 aromatic rings. The normalized spacial score (nSPS) is 14.6. The second-order valence-electron chi connectivity index (χ2n) is 7.49. The molecule has 1 amide bonds. The Bertz CT molecular complexity index is 1020. The Labute approximate surface area is 175 Å². The van der Waals surface area contributed by atoms with Gasteiger partial charge in [-0.2, -0.15) is 9.78 Å². The van der Waals surface area contributed by atoms with Crippen LogP contribution in [0.3, 0.4) is 0 Å². The van der Waals surface area contributed by atoms with E-state index in [9.17, 15) is 9.59 Å². The van der Waals surface area contributed by atoms with Gasteiger partial charge in [0.1, 0.15) is 12.0 Å². The third-order valence-electron chi connectivity index (χ3n) is 5.21. The van der Waals surface area contributed by atoms with Crippen molar-refractivity contribution in [3.05, 3.63) is 77.6 Å². The Morgan fingerprint density at radius 2 is 1.70 bits per heavy atom. The van der Waals surface area contributed by atoms with Gasteiger partial charge >= 0.3 is 6.03 Å². The lowest BCUT2D eigenvalue weighted by molar-refractivity contribution is 0.101. The lowest BCUT2D eigenvalue weighted by atomic mass is 10.0. The van der Waals surface area contributed by atoms with E-state index in [0.29, 0.717) is 18.8 Å². The van der Waals surface area contributed by atoms with Crippen molar-refractivity contribution in [2.45, 2.75) is 19.9 Å². The number of carbonyl (C=O) groups excluding carboxylic acids is 2. The molecule has 30 heavy (non-hydrogen) atoms. The molecule has 8 nitrogen and oxygen atoms in total. The van der Waals surface area contributed by atoms with Crippen LogP contribution in [-0.4, -0.2) is 67.5 Å². The van der Waals surface area contributed by atoms with Crippen molar-refractivity contribution in [1.82, 2.24) is 29.5 Å². The van der Waals surface area contributed by atoms with Gasteiger partial charge in [-0.05, 0) is 22.8 Å². The average Bonchev–Trinajstić information content (AvgIpc) is 3.26. The van der Waals surface area contributed by atoms with Gasteiger partial charge in [0.05, 0.1) is 0 Å². The fourth-order valence-corrected chi connectivity index (χ4v) is 3.61. The first-order chi connectivity index (χ1) is 14.6. The van der Waals surface area contributed by atoms with Crippen molar-refractivity contribution in [3.8, 4) is 0 Å². The van der Waals surface area contributed by atoms with Crippen LogP contribution in [0.15, 0.2) is 55.2 Å². The predicted molar refractivity (Wildman–Crippen MR) is 111 cm³/mol. The molecule has 0 saturated carbocycles. The molecular weight excluding hydrogens is 380 g/mol. The van der Waals surface area contributed by atoms with Crippen LogP contribution in [0.5, 0.6) is 0 Å². The summed E-state index contributed by atoms with van der Waals surface area (Å²) in [6.45, 7) is 5.15. The number of Topliss-reactive ketones (excluding diaryl/α,β-unsaturated/α-hetero) is 1. The third-order valence-corrected chi connectivity index (χ3v) is 5.21. The van der Waals surface area contributed by atoms with Crippen LogP contribution in [0.1, 0.15) is 34.1 Å². The van der Waals surface area contributed by atoms with Crippen molar-refractivity contribution in [2.24, 2.45) is 0 Å². The van der Waals surface area contributed by atoms with Crippen LogP contribution in [0.4, 0.5) is 4.79 Å². The number of hydrogen-bond acceptors (Lipinski definition) is 6. The van der Waals surface area contributed by atoms with Crippen LogP contribution in [0.25, 0.3) is 0 Å². The molecule has 0 unspecified atom stereocenters. The van der Waals surface area contributed by atoms with Crippen molar-refractivity contribution in [3.63, 3.8) is 0 Å². The van der Waals surface area contributed by atoms with E-state index in [4.69, 9.17) is 0 Å². The molecule has 154 valence electrons. The van der Waals surface area contributed by atoms with Gasteiger partial charge in [-0.3, -0.25) is 9.69 Å². The number of rotatable bonds is 5. The summed E-state index contributed by atoms with van der Waals surface area (Å²) in [6, 6.07) is 9.94. The second-order valence-corrected chi connectivity index (χ2v) is 7.49. The van der Waals surface area contributed by atoms with E-state index in [-0.39, 0.29) is 11.8 Å². The third kappa shape index (κ3) is 4.77. The molecule has 2 aromatic heterocycles. The summed E-state index contributed by atoms with van der Waals surface area (Å²) in [5.74, 6) is -0.145. The molecule has 1 fully saturated rings. The smallest absolute Gasteiger partial charge is 0.320 e. The number of ketones is 1. The van der Waals surface area contributed by atoms with Gasteiger partial charge < -0.3 is 4.90 Å². The van der Waals surface area contributed by atoms with Crippen molar-refractivity contribution >= 4 is 11.8 Å². The number of nitrogens with zero attached hydrogens (tertiary/aromatic N) is 6. The molecular formula is C22H24N6O2. The summed E-state index contributed by atoms with van der Waals surface area (Å²) in [4.78, 5) is 36.3. The van der Waals surface area contributed by atoms with Crippen molar-refractivity contribution in [2.75, 3.05) is 26.2 Å². The Hall–Kier alpha value is -3.39. The number of carbonyl (C=O) groups is 2. The number of benzene rings is 1. The zero-order chi connectivity index (χ0) is 20.9. The Morgan fingerprint density at radius 1 is 0.967 bits per heavy atom. The summed E-state index contributed by atoms with van der Waals surface area (Å²) in [5.41, 5.74) is 3.88. The minimum atomic E-state index is -0.186. The fourth-order valence-electron chi connectivity index (χ4n) is 3.61. The topological polar surface area (TPSA) is 84.2 Å². The lowest BCUT2D eigenvalue weighted by Crippen LogP contribution is -2.49. The van der Waals surface area contributed by atoms with E-state index in [1.807, 2.05) is 12.4 Å². The predicted octanol–water partition coefficient (Wildman–Crippen LogP) is 2.25. The zero-order valence-electron chi connectivity index (χ0n) is 16.9. The second kappa shape index (κ2) is 8.96. The van der Waals surface area contributed by atoms with Gasteiger partial charge in [-0.1, -0.05) is 24.3 Å². The molecule has 8 heteroatoms. The Balaban J connectivity index is 1.32. The Kier molecular flexibility index (Phi) is 5.94. The first-order valence-electron chi connectivity index (χ1n) is 9.98. The minimum Gasteiger partial charge on any atom is -0.320 e. The summed E-state index contributed by atoms with van der Waals surface area (Å²) in [7, 11) is 0. The SMILES string of the molecule is CC(=O)c1ccn(C(=O)N2CCN(Cc3cccc(Cc4cncnc4)c3)CC2)n1. The Morgan fingerprint density at radius 3 is 2.40 bits per heavy atom. The highest BCUT2D eigenvalue weighted by atomic mass is 16.2. The molecule has 3 heterocycles. The van der Waals surface area contributed by atoms with Gasteiger partial charge in [0.25, 0.3) is 0 Å². The summed E-state index contributed by atoms with van der Waals surface area (Å²) in [6.07, 6.45) is 7.58. The molecule has 0 radical (unpaired) electrons. The van der Waals surface area contributed by atoms with Gasteiger partial charge in [-0.25, -0.2) is 14.8 Å². The molecule has 0 aliphatic carbocycles. The molecule has 1 aliphatic rings. The van der Waals surface area contributed by atoms with E-state index >= 15 is 0 Å². The number of aromatic nitrogens is 4. The van der Waals surface area contributed by atoms with Crippen molar-refractivity contribution in [1.29, 1.82) is 0 Å².